The smallest absolute Gasteiger partial charge is 0.293 e. The highest BCUT2D eigenvalue weighted by atomic mass is 16.7. The third kappa shape index (κ3) is 7.74. The van der Waals surface area contributed by atoms with E-state index in [4.69, 9.17) is 23.7 Å². The van der Waals surface area contributed by atoms with Gasteiger partial charge in [0.1, 0.15) is 12.4 Å². The molecule has 40 heavy (non-hydrogen) atoms. The van der Waals surface area contributed by atoms with Gasteiger partial charge in [0.2, 0.25) is 0 Å². The Morgan fingerprint density at radius 1 is 1.00 bits per heavy atom. The molecule has 1 heterocycles. The molecule has 0 aliphatic carbocycles. The first kappa shape index (κ1) is 28.9. The van der Waals surface area contributed by atoms with Gasteiger partial charge in [-0.3, -0.25) is 4.79 Å². The highest BCUT2D eigenvalue weighted by Crippen LogP contribution is 2.33. The predicted octanol–water partition coefficient (Wildman–Crippen LogP) is 6.79. The lowest BCUT2D eigenvalue weighted by molar-refractivity contribution is -0.165. The van der Waals surface area contributed by atoms with Gasteiger partial charge < -0.3 is 28.6 Å². The van der Waals surface area contributed by atoms with Crippen molar-refractivity contribution in [3.8, 4) is 28.4 Å². The predicted molar refractivity (Wildman–Crippen MR) is 157 cm³/mol. The fourth-order valence-corrected chi connectivity index (χ4v) is 4.38. The third-order valence-corrected chi connectivity index (χ3v) is 6.46. The Bertz CT molecular complexity index is 1270. The Kier molecular flexibility index (Phi) is 10.8. The molecular formula is C33H37NO6. The molecule has 1 unspecified atom stereocenters. The summed E-state index contributed by atoms with van der Waals surface area (Å²) in [5.41, 5.74) is 2.81. The average molecular weight is 544 g/mol. The molecule has 1 amide bonds. The van der Waals surface area contributed by atoms with Gasteiger partial charge >= 0.3 is 0 Å². The van der Waals surface area contributed by atoms with Gasteiger partial charge in [0.05, 0.1) is 13.7 Å². The Morgan fingerprint density at radius 3 is 2.45 bits per heavy atom. The normalized spacial score (nSPS) is 15.2. The molecule has 0 radical (unpaired) electrons. The number of nitrogens with zero attached hydrogens (tertiary/aromatic N) is 1. The second-order valence-electron chi connectivity index (χ2n) is 9.20. The molecule has 3 aromatic carbocycles. The van der Waals surface area contributed by atoms with Crippen LogP contribution in [0.1, 0.15) is 26.2 Å². The van der Waals surface area contributed by atoms with E-state index >= 15 is 0 Å². The van der Waals surface area contributed by atoms with E-state index in [0.29, 0.717) is 36.1 Å². The SMILES string of the molecule is C=CCN(C(=O)C(=CC)Oc1ccc(-c2ccccc2)cc1)c1ccc(OCCOC2CCCCO2)c(OC)c1. The fourth-order valence-electron chi connectivity index (χ4n) is 4.38. The van der Waals surface area contributed by atoms with Crippen LogP contribution >= 0.6 is 0 Å². The van der Waals surface area contributed by atoms with Crippen molar-refractivity contribution in [1.82, 2.24) is 0 Å². The van der Waals surface area contributed by atoms with Crippen LogP contribution in [0.5, 0.6) is 17.2 Å². The zero-order valence-corrected chi connectivity index (χ0v) is 23.2. The zero-order valence-electron chi connectivity index (χ0n) is 23.2. The minimum Gasteiger partial charge on any atom is -0.493 e. The largest absolute Gasteiger partial charge is 0.493 e. The molecule has 210 valence electrons. The lowest BCUT2D eigenvalue weighted by Gasteiger charge is -2.24. The number of amides is 1. The van der Waals surface area contributed by atoms with Crippen LogP contribution in [-0.4, -0.2) is 45.7 Å². The molecule has 0 aromatic heterocycles. The van der Waals surface area contributed by atoms with Crippen molar-refractivity contribution < 1.29 is 28.5 Å². The molecule has 1 aliphatic rings. The van der Waals surface area contributed by atoms with E-state index < -0.39 is 0 Å². The fraction of sp³-hybridized carbons (Fsp3) is 0.303. The third-order valence-electron chi connectivity index (χ3n) is 6.46. The van der Waals surface area contributed by atoms with Gasteiger partial charge in [0, 0.05) is 24.9 Å². The second-order valence-corrected chi connectivity index (χ2v) is 9.20. The van der Waals surface area contributed by atoms with Crippen molar-refractivity contribution in [2.75, 3.05) is 38.4 Å². The van der Waals surface area contributed by atoms with Gasteiger partial charge in [0.15, 0.2) is 23.5 Å². The number of allylic oxidation sites excluding steroid dienone is 1. The van der Waals surface area contributed by atoms with Crippen LogP contribution in [-0.2, 0) is 14.3 Å². The molecule has 1 aliphatic heterocycles. The van der Waals surface area contributed by atoms with E-state index in [2.05, 4.69) is 18.7 Å². The lowest BCUT2D eigenvalue weighted by atomic mass is 10.1. The van der Waals surface area contributed by atoms with Crippen LogP contribution in [0, 0.1) is 0 Å². The molecule has 0 bridgehead atoms. The highest BCUT2D eigenvalue weighted by Gasteiger charge is 2.22. The molecule has 0 N–H and O–H groups in total. The lowest BCUT2D eigenvalue weighted by Crippen LogP contribution is -2.33. The maximum absolute atomic E-state index is 13.6. The molecule has 0 spiro atoms. The summed E-state index contributed by atoms with van der Waals surface area (Å²) in [5, 5.41) is 0. The Labute approximate surface area is 236 Å². The standard InChI is InChI=1S/C33H37NO6/c1-4-20-34(27-16-19-30(31(24-27)36-3)37-22-23-39-32-13-9-10-21-38-32)33(35)29(5-2)40-28-17-14-26(15-18-28)25-11-7-6-8-12-25/h4-8,11-12,14-19,24,32H,1,9-10,13,20-23H2,2-3H3. The van der Waals surface area contributed by atoms with Gasteiger partial charge in [-0.2, -0.15) is 0 Å². The first-order chi connectivity index (χ1) is 19.6. The zero-order chi connectivity index (χ0) is 28.2. The van der Waals surface area contributed by atoms with Crippen molar-refractivity contribution in [2.24, 2.45) is 0 Å². The van der Waals surface area contributed by atoms with Gasteiger partial charge in [0.25, 0.3) is 5.91 Å². The Hall–Kier alpha value is -4.07. The molecule has 4 rings (SSSR count). The van der Waals surface area contributed by atoms with Gasteiger partial charge in [-0.25, -0.2) is 0 Å². The van der Waals surface area contributed by atoms with E-state index in [1.807, 2.05) is 48.5 Å². The Morgan fingerprint density at radius 2 is 1.77 bits per heavy atom. The molecule has 1 saturated heterocycles. The van der Waals surface area contributed by atoms with E-state index in [9.17, 15) is 4.79 Å². The van der Waals surface area contributed by atoms with E-state index in [-0.39, 0.29) is 24.5 Å². The molecule has 1 atom stereocenters. The maximum atomic E-state index is 13.6. The molecule has 1 fully saturated rings. The van der Waals surface area contributed by atoms with Crippen LogP contribution in [0.2, 0.25) is 0 Å². The van der Waals surface area contributed by atoms with Gasteiger partial charge in [-0.15, -0.1) is 6.58 Å². The minimum atomic E-state index is -0.300. The summed E-state index contributed by atoms with van der Waals surface area (Å²) in [6.07, 6.45) is 6.26. The number of hydrogen-bond acceptors (Lipinski definition) is 6. The van der Waals surface area contributed by atoms with Crippen molar-refractivity contribution in [2.45, 2.75) is 32.5 Å². The molecule has 3 aromatic rings. The quantitative estimate of drug-likeness (QED) is 0.102. The molecule has 7 heteroatoms. The van der Waals surface area contributed by atoms with Crippen LogP contribution in [0.4, 0.5) is 5.69 Å². The second kappa shape index (κ2) is 14.9. The number of rotatable bonds is 13. The van der Waals surface area contributed by atoms with Crippen LogP contribution in [0.3, 0.4) is 0 Å². The highest BCUT2D eigenvalue weighted by molar-refractivity contribution is 6.04. The van der Waals surface area contributed by atoms with E-state index in [1.165, 1.54) is 0 Å². The molecule has 0 saturated carbocycles. The number of hydrogen-bond donors (Lipinski definition) is 0. The summed E-state index contributed by atoms with van der Waals surface area (Å²) in [7, 11) is 1.57. The van der Waals surface area contributed by atoms with Crippen LogP contribution < -0.4 is 19.1 Å². The maximum Gasteiger partial charge on any atom is 0.293 e. The summed E-state index contributed by atoms with van der Waals surface area (Å²) >= 11 is 0. The summed E-state index contributed by atoms with van der Waals surface area (Å²) in [5.74, 6) is 1.54. The summed E-state index contributed by atoms with van der Waals surface area (Å²) in [6.45, 7) is 7.38. The summed E-state index contributed by atoms with van der Waals surface area (Å²) in [4.78, 5) is 15.2. The Balaban J connectivity index is 1.41. The van der Waals surface area contributed by atoms with Gasteiger partial charge in [-0.1, -0.05) is 48.5 Å². The van der Waals surface area contributed by atoms with Crippen molar-refractivity contribution in [3.63, 3.8) is 0 Å². The van der Waals surface area contributed by atoms with E-state index in [0.717, 1.165) is 37.0 Å². The van der Waals surface area contributed by atoms with Crippen LogP contribution in [0.15, 0.2) is 97.3 Å². The summed E-state index contributed by atoms with van der Waals surface area (Å²) in [6, 6.07) is 23.1. The van der Waals surface area contributed by atoms with E-state index in [1.54, 1.807) is 43.2 Å². The first-order valence-corrected chi connectivity index (χ1v) is 13.6. The van der Waals surface area contributed by atoms with Gasteiger partial charge in [-0.05, 0) is 67.7 Å². The first-order valence-electron chi connectivity index (χ1n) is 13.6. The number of carbonyl (C=O) groups excluding carboxylic acids is 1. The molecule has 7 nitrogen and oxygen atoms in total. The van der Waals surface area contributed by atoms with Crippen molar-refractivity contribution >= 4 is 11.6 Å². The average Bonchev–Trinajstić information content (AvgIpc) is 3.01. The molecular weight excluding hydrogens is 506 g/mol. The van der Waals surface area contributed by atoms with Crippen molar-refractivity contribution in [1.29, 1.82) is 0 Å². The number of ether oxygens (including phenoxy) is 5. The topological polar surface area (TPSA) is 66.5 Å². The number of carbonyl (C=O) groups is 1. The number of methoxy groups -OCH3 is 1. The number of benzene rings is 3. The minimum absolute atomic E-state index is 0.162. The monoisotopic (exact) mass is 543 g/mol. The summed E-state index contributed by atoms with van der Waals surface area (Å²) < 4.78 is 28.8. The van der Waals surface area contributed by atoms with Crippen LogP contribution in [0.25, 0.3) is 11.1 Å². The number of anilines is 1. The van der Waals surface area contributed by atoms with Crippen molar-refractivity contribution in [3.05, 3.63) is 97.3 Å².